The molecule has 0 bridgehead atoms. The molecule has 0 radical (unpaired) electrons. The molecule has 1 aliphatic heterocycles. The summed E-state index contributed by atoms with van der Waals surface area (Å²) in [4.78, 5) is 23.9. The molecule has 0 saturated carbocycles. The van der Waals surface area contributed by atoms with Crippen molar-refractivity contribution in [3.63, 3.8) is 0 Å². The highest BCUT2D eigenvalue weighted by Crippen LogP contribution is 2.29. The summed E-state index contributed by atoms with van der Waals surface area (Å²) in [7, 11) is 0. The van der Waals surface area contributed by atoms with Gasteiger partial charge >= 0.3 is 11.7 Å². The van der Waals surface area contributed by atoms with Crippen molar-refractivity contribution >= 4 is 17.3 Å². The first-order valence-electron chi connectivity index (χ1n) is 6.99. The van der Waals surface area contributed by atoms with Gasteiger partial charge in [0, 0.05) is 13.1 Å². The molecule has 1 aromatic carbocycles. The van der Waals surface area contributed by atoms with Crippen LogP contribution in [0.1, 0.15) is 23.7 Å². The van der Waals surface area contributed by atoms with Crippen LogP contribution in [-0.4, -0.2) is 47.1 Å². The molecule has 1 atom stereocenters. The lowest BCUT2D eigenvalue weighted by atomic mass is 10.1. The number of benzene rings is 1. The molecule has 0 aliphatic carbocycles. The SMILES string of the molecule is CCN1CCC(CNc2cccc(C(=O)O)c2[N+](=O)[O-])C1. The van der Waals surface area contributed by atoms with E-state index < -0.39 is 10.9 Å². The summed E-state index contributed by atoms with van der Waals surface area (Å²) in [6, 6.07) is 4.32. The van der Waals surface area contributed by atoms with Gasteiger partial charge in [-0.1, -0.05) is 13.0 Å². The van der Waals surface area contributed by atoms with Crippen LogP contribution in [0.25, 0.3) is 0 Å². The summed E-state index contributed by atoms with van der Waals surface area (Å²) in [6.45, 7) is 5.73. The second-order valence-electron chi connectivity index (χ2n) is 5.19. The van der Waals surface area contributed by atoms with Crippen LogP contribution >= 0.6 is 0 Å². The van der Waals surface area contributed by atoms with Crippen LogP contribution in [0, 0.1) is 16.0 Å². The van der Waals surface area contributed by atoms with Crippen molar-refractivity contribution in [1.29, 1.82) is 0 Å². The quantitative estimate of drug-likeness (QED) is 0.615. The summed E-state index contributed by atoms with van der Waals surface area (Å²) in [6.07, 6.45) is 1.05. The van der Waals surface area contributed by atoms with E-state index >= 15 is 0 Å². The molecular formula is C14H19N3O4. The van der Waals surface area contributed by atoms with E-state index in [4.69, 9.17) is 5.11 Å². The molecule has 7 nitrogen and oxygen atoms in total. The zero-order chi connectivity index (χ0) is 15.4. The number of carboxylic acids is 1. The third kappa shape index (κ3) is 3.49. The van der Waals surface area contributed by atoms with Crippen molar-refractivity contribution in [3.8, 4) is 0 Å². The van der Waals surface area contributed by atoms with Gasteiger partial charge in [0.05, 0.1) is 4.92 Å². The third-order valence-electron chi connectivity index (χ3n) is 3.85. The number of hydrogen-bond acceptors (Lipinski definition) is 5. The van der Waals surface area contributed by atoms with Gasteiger partial charge in [0.2, 0.25) is 0 Å². The van der Waals surface area contributed by atoms with Crippen LogP contribution in [0.15, 0.2) is 18.2 Å². The Morgan fingerprint density at radius 1 is 1.57 bits per heavy atom. The summed E-state index contributed by atoms with van der Waals surface area (Å²) < 4.78 is 0. The standard InChI is InChI=1S/C14H19N3O4/c1-2-16-7-6-10(9-16)8-15-12-5-3-4-11(14(18)19)13(12)17(20)21/h3-5,10,15H,2,6-9H2,1H3,(H,18,19). The first kappa shape index (κ1) is 15.2. The Kier molecular flexibility index (Phi) is 4.74. The average molecular weight is 293 g/mol. The molecule has 0 amide bonds. The number of aromatic carboxylic acids is 1. The van der Waals surface area contributed by atoms with Crippen molar-refractivity contribution in [1.82, 2.24) is 4.90 Å². The van der Waals surface area contributed by atoms with Gasteiger partial charge in [0.1, 0.15) is 11.3 Å². The van der Waals surface area contributed by atoms with Gasteiger partial charge < -0.3 is 15.3 Å². The van der Waals surface area contributed by atoms with E-state index in [0.717, 1.165) is 26.1 Å². The topological polar surface area (TPSA) is 95.7 Å². The molecule has 2 rings (SSSR count). The highest BCUT2D eigenvalue weighted by Gasteiger charge is 2.26. The molecule has 1 aliphatic rings. The van der Waals surface area contributed by atoms with E-state index in [0.29, 0.717) is 12.5 Å². The summed E-state index contributed by atoms with van der Waals surface area (Å²) >= 11 is 0. The Labute approximate surface area is 122 Å². The molecule has 114 valence electrons. The van der Waals surface area contributed by atoms with Crippen LogP contribution in [0.5, 0.6) is 0 Å². The Morgan fingerprint density at radius 3 is 2.90 bits per heavy atom. The molecule has 1 saturated heterocycles. The number of nitrogens with one attached hydrogen (secondary N) is 1. The lowest BCUT2D eigenvalue weighted by Gasteiger charge is -2.14. The monoisotopic (exact) mass is 293 g/mol. The lowest BCUT2D eigenvalue weighted by molar-refractivity contribution is -0.384. The number of nitrogens with zero attached hydrogens (tertiary/aromatic N) is 2. The fourth-order valence-electron chi connectivity index (χ4n) is 2.68. The maximum atomic E-state index is 11.1. The molecule has 1 fully saturated rings. The Hall–Kier alpha value is -2.15. The molecule has 0 spiro atoms. The van der Waals surface area contributed by atoms with Crippen LogP contribution < -0.4 is 5.32 Å². The van der Waals surface area contributed by atoms with Crippen molar-refractivity contribution in [2.24, 2.45) is 5.92 Å². The summed E-state index contributed by atoms with van der Waals surface area (Å²) in [5.74, 6) is -0.860. The first-order chi connectivity index (χ1) is 10.0. The van der Waals surface area contributed by atoms with E-state index in [1.807, 2.05) is 0 Å². The fraction of sp³-hybridized carbons (Fsp3) is 0.500. The number of likely N-dealkylation sites (tertiary alicyclic amines) is 1. The Morgan fingerprint density at radius 2 is 2.33 bits per heavy atom. The number of nitro groups is 1. The number of hydrogen-bond donors (Lipinski definition) is 2. The van der Waals surface area contributed by atoms with E-state index in [1.54, 1.807) is 6.07 Å². The second kappa shape index (κ2) is 6.53. The predicted octanol–water partition coefficient (Wildman–Crippen LogP) is 2.05. The first-order valence-corrected chi connectivity index (χ1v) is 6.99. The minimum atomic E-state index is -1.29. The summed E-state index contributed by atoms with van der Waals surface area (Å²) in [5.41, 5.74) is -0.378. The molecule has 1 unspecified atom stereocenters. The van der Waals surface area contributed by atoms with E-state index in [1.165, 1.54) is 12.1 Å². The predicted molar refractivity (Wildman–Crippen MR) is 78.8 cm³/mol. The third-order valence-corrected chi connectivity index (χ3v) is 3.85. The minimum Gasteiger partial charge on any atom is -0.477 e. The molecule has 21 heavy (non-hydrogen) atoms. The smallest absolute Gasteiger partial charge is 0.342 e. The number of para-hydroxylation sites is 1. The molecule has 1 aromatic rings. The van der Waals surface area contributed by atoms with Crippen LogP contribution in [0.2, 0.25) is 0 Å². The number of anilines is 1. The summed E-state index contributed by atoms with van der Waals surface area (Å²) in [5, 5.41) is 23.2. The number of carbonyl (C=O) groups is 1. The molecular weight excluding hydrogens is 274 g/mol. The average Bonchev–Trinajstić information content (AvgIpc) is 2.92. The van der Waals surface area contributed by atoms with Gasteiger partial charge in [-0.25, -0.2) is 4.79 Å². The van der Waals surface area contributed by atoms with Crippen LogP contribution in [-0.2, 0) is 0 Å². The maximum Gasteiger partial charge on any atom is 0.342 e. The largest absolute Gasteiger partial charge is 0.477 e. The van der Waals surface area contributed by atoms with E-state index in [2.05, 4.69) is 17.1 Å². The zero-order valence-electron chi connectivity index (χ0n) is 11.9. The molecule has 1 heterocycles. The number of rotatable bonds is 6. The highest BCUT2D eigenvalue weighted by molar-refractivity contribution is 5.95. The highest BCUT2D eigenvalue weighted by atomic mass is 16.6. The van der Waals surface area contributed by atoms with Crippen LogP contribution in [0.4, 0.5) is 11.4 Å². The van der Waals surface area contributed by atoms with Gasteiger partial charge in [-0.15, -0.1) is 0 Å². The van der Waals surface area contributed by atoms with E-state index in [9.17, 15) is 14.9 Å². The normalized spacial score (nSPS) is 18.6. The van der Waals surface area contributed by atoms with Crippen molar-refractivity contribution in [2.75, 3.05) is 31.5 Å². The number of carboxylic acid groups (broad SMARTS) is 1. The van der Waals surface area contributed by atoms with Crippen LogP contribution in [0.3, 0.4) is 0 Å². The second-order valence-corrected chi connectivity index (χ2v) is 5.19. The molecule has 2 N–H and O–H groups in total. The lowest BCUT2D eigenvalue weighted by Crippen LogP contribution is -2.22. The Balaban J connectivity index is 2.11. The van der Waals surface area contributed by atoms with Gasteiger partial charge in [-0.05, 0) is 37.6 Å². The fourth-order valence-corrected chi connectivity index (χ4v) is 2.68. The van der Waals surface area contributed by atoms with Gasteiger partial charge in [-0.3, -0.25) is 10.1 Å². The minimum absolute atomic E-state index is 0.273. The van der Waals surface area contributed by atoms with Gasteiger partial charge in [0.25, 0.3) is 0 Å². The van der Waals surface area contributed by atoms with E-state index in [-0.39, 0.29) is 16.9 Å². The molecule has 7 heteroatoms. The number of nitro benzene ring substituents is 1. The van der Waals surface area contributed by atoms with Crippen molar-refractivity contribution < 1.29 is 14.8 Å². The molecule has 0 aromatic heterocycles. The van der Waals surface area contributed by atoms with Crippen molar-refractivity contribution in [2.45, 2.75) is 13.3 Å². The zero-order valence-corrected chi connectivity index (χ0v) is 11.9. The maximum absolute atomic E-state index is 11.1. The van der Waals surface area contributed by atoms with Gasteiger partial charge in [-0.2, -0.15) is 0 Å². The van der Waals surface area contributed by atoms with Crippen molar-refractivity contribution in [3.05, 3.63) is 33.9 Å². The Bertz CT molecular complexity index is 547. The van der Waals surface area contributed by atoms with Gasteiger partial charge in [0.15, 0.2) is 0 Å².